The van der Waals surface area contributed by atoms with Gasteiger partial charge >= 0.3 is 5.97 Å². The Labute approximate surface area is 108 Å². The molecule has 0 aliphatic heterocycles. The minimum absolute atomic E-state index is 0.520. The molecule has 0 aromatic heterocycles. The van der Waals surface area contributed by atoms with Gasteiger partial charge in [0.15, 0.2) is 0 Å². The van der Waals surface area contributed by atoms with Crippen LogP contribution in [0.1, 0.15) is 70.8 Å². The topological polar surface area (TPSA) is 37.3 Å². The molecule has 2 nitrogen and oxygen atoms in total. The SMILES string of the molecule is CC(C)c1c2c(c(C(=O)O)c3c1CCC3)CCC2. The van der Waals surface area contributed by atoms with Crippen LogP contribution in [0.4, 0.5) is 0 Å². The van der Waals surface area contributed by atoms with Gasteiger partial charge in [0.2, 0.25) is 0 Å². The molecule has 0 heterocycles. The third-order valence-corrected chi connectivity index (χ3v) is 4.48. The third-order valence-electron chi connectivity index (χ3n) is 4.48. The van der Waals surface area contributed by atoms with Gasteiger partial charge in [0.05, 0.1) is 5.56 Å². The quantitative estimate of drug-likeness (QED) is 0.864. The molecule has 0 spiro atoms. The Morgan fingerprint density at radius 2 is 1.39 bits per heavy atom. The Hall–Kier alpha value is -1.31. The van der Waals surface area contributed by atoms with Gasteiger partial charge in [0.1, 0.15) is 0 Å². The second kappa shape index (κ2) is 4.11. The summed E-state index contributed by atoms with van der Waals surface area (Å²) < 4.78 is 0. The Morgan fingerprint density at radius 1 is 0.944 bits per heavy atom. The highest BCUT2D eigenvalue weighted by atomic mass is 16.4. The van der Waals surface area contributed by atoms with Crippen molar-refractivity contribution < 1.29 is 9.90 Å². The second-order valence-corrected chi connectivity index (χ2v) is 5.87. The van der Waals surface area contributed by atoms with Gasteiger partial charge < -0.3 is 5.11 Å². The summed E-state index contributed by atoms with van der Waals surface area (Å²) in [5.41, 5.74) is 7.23. The fourth-order valence-electron chi connectivity index (χ4n) is 3.95. The van der Waals surface area contributed by atoms with Crippen LogP contribution in [0.3, 0.4) is 0 Å². The lowest BCUT2D eigenvalue weighted by atomic mass is 9.84. The largest absolute Gasteiger partial charge is 0.478 e. The van der Waals surface area contributed by atoms with Gasteiger partial charge in [0.25, 0.3) is 0 Å². The summed E-state index contributed by atoms with van der Waals surface area (Å²) in [5, 5.41) is 9.54. The zero-order chi connectivity index (χ0) is 12.9. The van der Waals surface area contributed by atoms with Crippen LogP contribution in [-0.4, -0.2) is 11.1 Å². The van der Waals surface area contributed by atoms with Crippen LogP contribution in [0.15, 0.2) is 0 Å². The van der Waals surface area contributed by atoms with Crippen LogP contribution in [0.2, 0.25) is 0 Å². The van der Waals surface area contributed by atoms with Crippen molar-refractivity contribution in [3.63, 3.8) is 0 Å². The highest BCUT2D eigenvalue weighted by Crippen LogP contribution is 2.41. The van der Waals surface area contributed by atoms with E-state index in [0.29, 0.717) is 11.5 Å². The lowest BCUT2D eigenvalue weighted by molar-refractivity contribution is 0.0694. The Bertz CT molecular complexity index is 491. The fourth-order valence-corrected chi connectivity index (χ4v) is 3.95. The van der Waals surface area contributed by atoms with E-state index in [1.54, 1.807) is 0 Å². The zero-order valence-corrected chi connectivity index (χ0v) is 11.2. The van der Waals surface area contributed by atoms with E-state index < -0.39 is 5.97 Å². The van der Waals surface area contributed by atoms with Gasteiger partial charge in [0, 0.05) is 0 Å². The molecule has 1 aromatic rings. The first-order chi connectivity index (χ1) is 8.61. The van der Waals surface area contributed by atoms with Gasteiger partial charge in [-0.3, -0.25) is 0 Å². The summed E-state index contributed by atoms with van der Waals surface area (Å²) in [6.45, 7) is 4.49. The van der Waals surface area contributed by atoms with Crippen molar-refractivity contribution in [2.75, 3.05) is 0 Å². The number of carboxylic acids is 1. The van der Waals surface area contributed by atoms with E-state index in [4.69, 9.17) is 0 Å². The van der Waals surface area contributed by atoms with Gasteiger partial charge in [-0.2, -0.15) is 0 Å². The van der Waals surface area contributed by atoms with Gasteiger partial charge in [-0.1, -0.05) is 13.8 Å². The average molecular weight is 244 g/mol. The highest BCUT2D eigenvalue weighted by molar-refractivity contribution is 5.93. The van der Waals surface area contributed by atoms with Crippen molar-refractivity contribution in [1.82, 2.24) is 0 Å². The van der Waals surface area contributed by atoms with Crippen molar-refractivity contribution in [2.45, 2.75) is 58.3 Å². The number of aromatic carboxylic acids is 1. The average Bonchev–Trinajstić information content (AvgIpc) is 2.91. The molecule has 2 aliphatic rings. The summed E-state index contributed by atoms with van der Waals surface area (Å²) >= 11 is 0. The van der Waals surface area contributed by atoms with E-state index in [0.717, 1.165) is 49.7 Å². The van der Waals surface area contributed by atoms with Crippen LogP contribution < -0.4 is 0 Å². The Kier molecular flexibility index (Phi) is 2.69. The molecule has 3 rings (SSSR count). The first kappa shape index (κ1) is 11.8. The molecule has 0 atom stereocenters. The first-order valence-electron chi connectivity index (χ1n) is 7.04. The molecule has 1 N–H and O–H groups in total. The lowest BCUT2D eigenvalue weighted by Crippen LogP contribution is -2.11. The molecule has 2 aliphatic carbocycles. The number of carbonyl (C=O) groups is 1. The van der Waals surface area contributed by atoms with Gasteiger partial charge in [-0.25, -0.2) is 4.79 Å². The van der Waals surface area contributed by atoms with Crippen molar-refractivity contribution in [2.24, 2.45) is 0 Å². The summed E-state index contributed by atoms with van der Waals surface area (Å²) in [6.07, 6.45) is 6.33. The molecule has 0 saturated carbocycles. The zero-order valence-electron chi connectivity index (χ0n) is 11.2. The summed E-state index contributed by atoms with van der Waals surface area (Å²) in [4.78, 5) is 11.6. The molecule has 0 saturated heterocycles. The Morgan fingerprint density at radius 3 is 1.78 bits per heavy atom. The van der Waals surface area contributed by atoms with E-state index in [2.05, 4.69) is 13.8 Å². The monoisotopic (exact) mass is 244 g/mol. The number of benzene rings is 1. The molecular formula is C16H20O2. The minimum atomic E-state index is -0.707. The molecule has 18 heavy (non-hydrogen) atoms. The lowest BCUT2D eigenvalue weighted by Gasteiger charge is -2.20. The number of hydrogen-bond donors (Lipinski definition) is 1. The van der Waals surface area contributed by atoms with Crippen LogP contribution in [0.5, 0.6) is 0 Å². The molecule has 96 valence electrons. The Balaban J connectivity index is 2.35. The second-order valence-electron chi connectivity index (χ2n) is 5.87. The minimum Gasteiger partial charge on any atom is -0.478 e. The predicted octanol–water partition coefficient (Wildman–Crippen LogP) is 3.49. The molecular weight excluding hydrogens is 224 g/mol. The predicted molar refractivity (Wildman–Crippen MR) is 71.5 cm³/mol. The van der Waals surface area contributed by atoms with Gasteiger partial charge in [-0.05, 0) is 72.3 Å². The van der Waals surface area contributed by atoms with Crippen molar-refractivity contribution in [1.29, 1.82) is 0 Å². The van der Waals surface area contributed by atoms with Gasteiger partial charge in [-0.15, -0.1) is 0 Å². The van der Waals surface area contributed by atoms with E-state index in [1.165, 1.54) is 16.7 Å². The number of rotatable bonds is 2. The van der Waals surface area contributed by atoms with Crippen molar-refractivity contribution in [3.8, 4) is 0 Å². The standard InChI is InChI=1S/C16H20O2/c1-9(2)14-10-5-3-7-12(10)15(16(17)18)13-8-4-6-11(13)14/h9H,3-8H2,1-2H3,(H,17,18). The molecule has 2 heteroatoms. The van der Waals surface area contributed by atoms with Crippen LogP contribution >= 0.6 is 0 Å². The number of hydrogen-bond acceptors (Lipinski definition) is 1. The van der Waals surface area contributed by atoms with E-state index in [9.17, 15) is 9.90 Å². The molecule has 0 amide bonds. The van der Waals surface area contributed by atoms with Crippen molar-refractivity contribution in [3.05, 3.63) is 33.4 Å². The van der Waals surface area contributed by atoms with Crippen LogP contribution in [0.25, 0.3) is 0 Å². The van der Waals surface area contributed by atoms with E-state index in [-0.39, 0.29) is 0 Å². The molecule has 1 aromatic carbocycles. The third kappa shape index (κ3) is 1.51. The maximum atomic E-state index is 11.6. The summed E-state index contributed by atoms with van der Waals surface area (Å²) in [6, 6.07) is 0. The molecule has 0 bridgehead atoms. The van der Waals surface area contributed by atoms with Crippen molar-refractivity contribution >= 4 is 5.97 Å². The summed E-state index contributed by atoms with van der Waals surface area (Å²) in [5.74, 6) is -0.187. The van der Waals surface area contributed by atoms with E-state index in [1.807, 2.05) is 0 Å². The molecule has 0 radical (unpaired) electrons. The number of fused-ring (bicyclic) bond motifs is 2. The smallest absolute Gasteiger partial charge is 0.336 e. The number of carboxylic acid groups (broad SMARTS) is 1. The summed E-state index contributed by atoms with van der Waals surface area (Å²) in [7, 11) is 0. The normalized spacial score (nSPS) is 17.1. The van der Waals surface area contributed by atoms with E-state index >= 15 is 0 Å². The molecule has 0 fully saturated rings. The fraction of sp³-hybridized carbons (Fsp3) is 0.562. The maximum Gasteiger partial charge on any atom is 0.336 e. The maximum absolute atomic E-state index is 11.6. The first-order valence-corrected chi connectivity index (χ1v) is 7.04. The molecule has 0 unspecified atom stereocenters. The highest BCUT2D eigenvalue weighted by Gasteiger charge is 2.31. The van der Waals surface area contributed by atoms with Crippen LogP contribution in [-0.2, 0) is 25.7 Å². The van der Waals surface area contributed by atoms with Crippen LogP contribution in [0, 0.1) is 0 Å².